The van der Waals surface area contributed by atoms with E-state index >= 15 is 0 Å². The molecule has 9 heteroatoms. The van der Waals surface area contributed by atoms with E-state index in [0.717, 1.165) is 40.6 Å². The van der Waals surface area contributed by atoms with Gasteiger partial charge in [-0.15, -0.1) is 0 Å². The molecule has 126 valence electrons. The summed E-state index contributed by atoms with van der Waals surface area (Å²) >= 11 is 2.89. The number of aromatic nitrogens is 4. The summed E-state index contributed by atoms with van der Waals surface area (Å²) in [6.45, 7) is 1.79. The summed E-state index contributed by atoms with van der Waals surface area (Å²) in [5.74, 6) is 2.32. The van der Waals surface area contributed by atoms with Crippen LogP contribution in [0.15, 0.2) is 24.3 Å². The number of hydrogen-bond donors (Lipinski definition) is 3. The zero-order valence-corrected chi connectivity index (χ0v) is 15.0. The average molecular weight is 362 g/mol. The third kappa shape index (κ3) is 4.04. The van der Waals surface area contributed by atoms with Crippen LogP contribution in [0.1, 0.15) is 24.1 Å². The number of anilines is 1. The topological polar surface area (TPSA) is 95.6 Å². The number of thioether (sulfide) groups is 1. The molecule has 0 saturated carbocycles. The molecule has 0 bridgehead atoms. The van der Waals surface area contributed by atoms with E-state index < -0.39 is 0 Å². The van der Waals surface area contributed by atoms with Crippen molar-refractivity contribution in [3.05, 3.63) is 35.9 Å². The molecule has 3 rings (SSSR count). The molecule has 1 atom stereocenters. The Morgan fingerprint density at radius 3 is 2.92 bits per heavy atom. The Morgan fingerprint density at radius 1 is 1.38 bits per heavy atom. The molecule has 0 spiro atoms. The smallest absolute Gasteiger partial charge is 0.321 e. The minimum Gasteiger partial charge on any atom is -0.340 e. The second kappa shape index (κ2) is 7.63. The highest BCUT2D eigenvalue weighted by molar-refractivity contribution is 7.98. The number of urea groups is 1. The average Bonchev–Trinajstić information content (AvgIpc) is 3.17. The van der Waals surface area contributed by atoms with Crippen molar-refractivity contribution in [2.24, 2.45) is 0 Å². The van der Waals surface area contributed by atoms with Crippen LogP contribution in [0.5, 0.6) is 0 Å². The fourth-order valence-corrected chi connectivity index (χ4v) is 3.33. The zero-order chi connectivity index (χ0) is 16.9. The number of carbonyl (C=O) groups is 1. The molecule has 2 aromatic heterocycles. The van der Waals surface area contributed by atoms with Gasteiger partial charge in [-0.3, -0.25) is 5.32 Å². The van der Waals surface area contributed by atoms with Crippen LogP contribution in [0, 0.1) is 6.92 Å². The maximum absolute atomic E-state index is 12.3. The van der Waals surface area contributed by atoms with Crippen molar-refractivity contribution in [2.75, 3.05) is 17.3 Å². The molecule has 0 aliphatic heterocycles. The quantitative estimate of drug-likeness (QED) is 0.625. The molecular weight excluding hydrogens is 344 g/mol. The van der Waals surface area contributed by atoms with E-state index in [1.807, 2.05) is 30.5 Å². The van der Waals surface area contributed by atoms with Gasteiger partial charge in [0.1, 0.15) is 11.6 Å². The van der Waals surface area contributed by atoms with Gasteiger partial charge in [-0.25, -0.2) is 14.8 Å². The number of aryl methyl sites for hydroxylation is 1. The van der Waals surface area contributed by atoms with Gasteiger partial charge in [0.15, 0.2) is 0 Å². The number of aromatic amines is 1. The van der Waals surface area contributed by atoms with Gasteiger partial charge in [0.25, 0.3) is 0 Å². The Hall–Kier alpha value is -2.13. The lowest BCUT2D eigenvalue weighted by Crippen LogP contribution is -2.33. The first-order valence-electron chi connectivity index (χ1n) is 7.47. The molecular formula is C15H18N6OS2. The lowest BCUT2D eigenvalue weighted by Gasteiger charge is -2.16. The summed E-state index contributed by atoms with van der Waals surface area (Å²) < 4.78 is 4.05. The fourth-order valence-electron chi connectivity index (χ4n) is 2.29. The second-order valence-corrected chi connectivity index (χ2v) is 6.96. The van der Waals surface area contributed by atoms with Gasteiger partial charge in [0.05, 0.1) is 17.1 Å². The van der Waals surface area contributed by atoms with Crippen molar-refractivity contribution in [1.82, 2.24) is 24.6 Å². The van der Waals surface area contributed by atoms with Crippen LogP contribution in [-0.4, -0.2) is 37.4 Å². The normalized spacial score (nSPS) is 12.2. The summed E-state index contributed by atoms with van der Waals surface area (Å²) in [6, 6.07) is 7.32. The lowest BCUT2D eigenvalue weighted by atomic mass is 10.2. The second-order valence-electron chi connectivity index (χ2n) is 5.22. The molecule has 3 N–H and O–H groups in total. The van der Waals surface area contributed by atoms with Crippen LogP contribution >= 0.6 is 23.3 Å². The summed E-state index contributed by atoms with van der Waals surface area (Å²) in [4.78, 5) is 24.3. The van der Waals surface area contributed by atoms with E-state index in [1.54, 1.807) is 18.7 Å². The van der Waals surface area contributed by atoms with Gasteiger partial charge < -0.3 is 10.3 Å². The van der Waals surface area contributed by atoms with E-state index in [0.29, 0.717) is 11.0 Å². The van der Waals surface area contributed by atoms with Crippen molar-refractivity contribution >= 4 is 45.5 Å². The van der Waals surface area contributed by atoms with Gasteiger partial charge >= 0.3 is 6.03 Å². The summed E-state index contributed by atoms with van der Waals surface area (Å²) in [5, 5.41) is 6.17. The molecule has 2 amide bonds. The Kier molecular flexibility index (Phi) is 5.31. The van der Waals surface area contributed by atoms with Crippen LogP contribution in [0.4, 0.5) is 9.93 Å². The molecule has 7 nitrogen and oxygen atoms in total. The Morgan fingerprint density at radius 2 is 2.21 bits per heavy atom. The third-order valence-electron chi connectivity index (χ3n) is 3.40. The predicted octanol–water partition coefficient (Wildman–Crippen LogP) is 3.34. The van der Waals surface area contributed by atoms with Gasteiger partial charge in [-0.05, 0) is 37.5 Å². The molecule has 0 fully saturated rings. The number of fused-ring (bicyclic) bond motifs is 1. The van der Waals surface area contributed by atoms with Crippen LogP contribution < -0.4 is 10.6 Å². The molecule has 0 radical (unpaired) electrons. The van der Waals surface area contributed by atoms with Crippen molar-refractivity contribution in [3.8, 4) is 0 Å². The summed E-state index contributed by atoms with van der Waals surface area (Å²) in [5.41, 5.74) is 1.85. The minimum absolute atomic E-state index is 0.195. The van der Waals surface area contributed by atoms with Crippen LogP contribution in [0.2, 0.25) is 0 Å². The van der Waals surface area contributed by atoms with Gasteiger partial charge in [-0.1, -0.05) is 12.1 Å². The third-order valence-corrected chi connectivity index (χ3v) is 4.77. The largest absolute Gasteiger partial charge is 0.340 e. The molecule has 0 aliphatic carbocycles. The number of rotatable bonds is 6. The predicted molar refractivity (Wildman–Crippen MR) is 98.6 cm³/mol. The number of para-hydroxylation sites is 2. The van der Waals surface area contributed by atoms with Crippen LogP contribution in [-0.2, 0) is 0 Å². The Labute approximate surface area is 147 Å². The van der Waals surface area contributed by atoms with Crippen molar-refractivity contribution in [3.63, 3.8) is 0 Å². The lowest BCUT2D eigenvalue weighted by molar-refractivity contribution is 0.248. The maximum atomic E-state index is 12.3. The monoisotopic (exact) mass is 362 g/mol. The van der Waals surface area contributed by atoms with Gasteiger partial charge in [-0.2, -0.15) is 16.1 Å². The Balaban J connectivity index is 1.74. The van der Waals surface area contributed by atoms with Crippen LogP contribution in [0.25, 0.3) is 11.0 Å². The first-order valence-corrected chi connectivity index (χ1v) is 9.64. The SMILES string of the molecule is CSCC[C@@H](NC(=O)Nc1nc(C)ns1)c1nc2ccccc2[nH]1. The number of benzene rings is 1. The number of nitrogens with zero attached hydrogens (tertiary/aromatic N) is 3. The van der Waals surface area contributed by atoms with Crippen molar-refractivity contribution in [1.29, 1.82) is 0 Å². The molecule has 1 aromatic carbocycles. The van der Waals surface area contributed by atoms with E-state index in [2.05, 4.69) is 30.0 Å². The first-order chi connectivity index (χ1) is 11.7. The Bertz CT molecular complexity index is 797. The van der Waals surface area contributed by atoms with Crippen molar-refractivity contribution < 1.29 is 4.79 Å². The highest BCUT2D eigenvalue weighted by Gasteiger charge is 2.19. The highest BCUT2D eigenvalue weighted by Crippen LogP contribution is 2.20. The number of carbonyl (C=O) groups excluding carboxylic acids is 1. The number of amides is 2. The molecule has 0 aliphatic rings. The number of nitrogens with one attached hydrogen (secondary N) is 3. The summed E-state index contributed by atoms with van der Waals surface area (Å²) in [6.07, 6.45) is 2.82. The standard InChI is InChI=1S/C15H18N6OS2/c1-9-16-15(24-21-9)20-14(22)19-12(7-8-23-2)13-17-10-5-3-4-6-11(10)18-13/h3-6,12H,7-8H2,1-2H3,(H,17,18)(H2,16,19,20,21,22)/t12-/m1/s1. The zero-order valence-electron chi connectivity index (χ0n) is 13.4. The van der Waals surface area contributed by atoms with E-state index in [9.17, 15) is 4.79 Å². The number of H-pyrrole nitrogens is 1. The fraction of sp³-hybridized carbons (Fsp3) is 0.333. The molecule has 0 unspecified atom stereocenters. The maximum Gasteiger partial charge on any atom is 0.321 e. The van der Waals surface area contributed by atoms with Gasteiger partial charge in [0, 0.05) is 11.5 Å². The molecule has 24 heavy (non-hydrogen) atoms. The number of hydrogen-bond acceptors (Lipinski definition) is 6. The van der Waals surface area contributed by atoms with Crippen LogP contribution in [0.3, 0.4) is 0 Å². The molecule has 3 aromatic rings. The van der Waals surface area contributed by atoms with Crippen molar-refractivity contribution in [2.45, 2.75) is 19.4 Å². The number of imidazole rings is 1. The summed E-state index contributed by atoms with van der Waals surface area (Å²) in [7, 11) is 0. The van der Waals surface area contributed by atoms with E-state index in [4.69, 9.17) is 0 Å². The highest BCUT2D eigenvalue weighted by atomic mass is 32.2. The van der Waals surface area contributed by atoms with E-state index in [-0.39, 0.29) is 12.1 Å². The first kappa shape index (κ1) is 16.7. The van der Waals surface area contributed by atoms with Gasteiger partial charge in [0.2, 0.25) is 5.13 Å². The molecule has 0 saturated heterocycles. The van der Waals surface area contributed by atoms with E-state index in [1.165, 1.54) is 0 Å². The molecule has 2 heterocycles. The minimum atomic E-state index is -0.308.